The van der Waals surface area contributed by atoms with E-state index < -0.39 is 17.9 Å². The van der Waals surface area contributed by atoms with Gasteiger partial charge in [-0.25, -0.2) is 4.79 Å². The molecule has 1 heterocycles. The van der Waals surface area contributed by atoms with E-state index in [1.165, 1.54) is 0 Å². The maximum absolute atomic E-state index is 13.3. The molecule has 2 unspecified atom stereocenters. The summed E-state index contributed by atoms with van der Waals surface area (Å²) in [5.74, 6) is 1.01. The van der Waals surface area contributed by atoms with Crippen LogP contribution in [0.2, 0.25) is 0 Å². The van der Waals surface area contributed by atoms with Gasteiger partial charge >= 0.3 is 5.97 Å². The minimum atomic E-state index is -1.03. The number of benzene rings is 2. The molecule has 1 aromatic heterocycles. The van der Waals surface area contributed by atoms with Gasteiger partial charge in [-0.15, -0.1) is 0 Å². The van der Waals surface area contributed by atoms with Gasteiger partial charge in [0, 0.05) is 12.0 Å². The van der Waals surface area contributed by atoms with Gasteiger partial charge in [0.25, 0.3) is 5.91 Å². The van der Waals surface area contributed by atoms with Crippen LogP contribution in [0.3, 0.4) is 0 Å². The number of aliphatic carboxylic acids is 1. The highest BCUT2D eigenvalue weighted by molar-refractivity contribution is 7.98. The summed E-state index contributed by atoms with van der Waals surface area (Å²) in [4.78, 5) is 25.1. The smallest absolute Gasteiger partial charge is 0.326 e. The first-order chi connectivity index (χ1) is 18.4. The lowest BCUT2D eigenvalue weighted by atomic mass is 9.93. The number of amides is 1. The predicted octanol–water partition coefficient (Wildman–Crippen LogP) is 7.20. The van der Waals surface area contributed by atoms with E-state index in [9.17, 15) is 14.7 Å². The summed E-state index contributed by atoms with van der Waals surface area (Å²) in [5, 5.41) is 12.3. The second kappa shape index (κ2) is 14.8. The number of nitrogens with one attached hydrogen (secondary N) is 1. The van der Waals surface area contributed by atoms with Gasteiger partial charge in [-0.2, -0.15) is 11.8 Å². The van der Waals surface area contributed by atoms with Crippen molar-refractivity contribution in [2.75, 3.05) is 12.0 Å². The Hall–Kier alpha value is -3.03. The first kappa shape index (κ1) is 29.5. The summed E-state index contributed by atoms with van der Waals surface area (Å²) in [6.45, 7) is 6.59. The van der Waals surface area contributed by atoms with Crippen LogP contribution in [-0.4, -0.2) is 35.0 Å². The van der Waals surface area contributed by atoms with Crippen LogP contribution in [0.4, 0.5) is 0 Å². The number of ether oxygens (including phenoxy) is 1. The zero-order chi connectivity index (χ0) is 27.5. The third-order valence-corrected chi connectivity index (χ3v) is 7.24. The van der Waals surface area contributed by atoms with Crippen LogP contribution in [0.15, 0.2) is 59.0 Å². The van der Waals surface area contributed by atoms with Crippen molar-refractivity contribution >= 4 is 23.6 Å². The Balaban J connectivity index is 1.89. The average Bonchev–Trinajstić information content (AvgIpc) is 3.40. The lowest BCUT2D eigenvalue weighted by molar-refractivity contribution is -0.139. The fourth-order valence-corrected chi connectivity index (χ4v) is 4.83. The van der Waals surface area contributed by atoms with Crippen LogP contribution < -0.4 is 5.32 Å². The summed E-state index contributed by atoms with van der Waals surface area (Å²) in [5.41, 5.74) is 4.09. The van der Waals surface area contributed by atoms with Crippen LogP contribution in [-0.2, 0) is 22.6 Å². The van der Waals surface area contributed by atoms with Crippen molar-refractivity contribution in [1.82, 2.24) is 5.32 Å². The van der Waals surface area contributed by atoms with E-state index in [1.54, 1.807) is 17.8 Å². The summed E-state index contributed by atoms with van der Waals surface area (Å²) in [7, 11) is 0. The first-order valence-corrected chi connectivity index (χ1v) is 14.7. The third-order valence-electron chi connectivity index (χ3n) is 6.60. The minimum absolute atomic E-state index is 0.145. The van der Waals surface area contributed by atoms with Crippen LogP contribution in [0.5, 0.6) is 0 Å². The number of hydrogen-bond donors (Lipinski definition) is 2. The second-order valence-corrected chi connectivity index (χ2v) is 10.4. The van der Waals surface area contributed by atoms with Crippen LogP contribution in [0, 0.1) is 6.92 Å². The van der Waals surface area contributed by atoms with E-state index in [0.29, 0.717) is 24.3 Å². The number of carboxylic acids is 1. The molecule has 38 heavy (non-hydrogen) atoms. The molecule has 3 aromatic rings. The molecule has 2 N–H and O–H groups in total. The van der Waals surface area contributed by atoms with Gasteiger partial charge in [-0.3, -0.25) is 4.79 Å². The zero-order valence-corrected chi connectivity index (χ0v) is 23.6. The number of thioether (sulfide) groups is 1. The number of carbonyl (C=O) groups is 2. The van der Waals surface area contributed by atoms with Crippen molar-refractivity contribution < 1.29 is 23.8 Å². The lowest BCUT2D eigenvalue weighted by Crippen LogP contribution is -2.41. The summed E-state index contributed by atoms with van der Waals surface area (Å²) in [6, 6.07) is 16.6. The molecular weight excluding hydrogens is 498 g/mol. The second-order valence-electron chi connectivity index (χ2n) is 9.44. The van der Waals surface area contributed by atoms with E-state index >= 15 is 0 Å². The SMILES string of the molecule is CCCCC(OCc1ccc(C(=O)NC(CCSC)C(=O)O)c(-c2ccccc2C)c1)c1ccc(CC)o1. The maximum atomic E-state index is 13.3. The van der Waals surface area contributed by atoms with Gasteiger partial charge in [0.2, 0.25) is 0 Å². The molecule has 204 valence electrons. The van der Waals surface area contributed by atoms with Gasteiger partial charge in [0.15, 0.2) is 0 Å². The van der Waals surface area contributed by atoms with Gasteiger partial charge < -0.3 is 19.6 Å². The molecule has 0 aliphatic rings. The van der Waals surface area contributed by atoms with E-state index in [4.69, 9.17) is 9.15 Å². The fraction of sp³-hybridized carbons (Fsp3) is 0.419. The summed E-state index contributed by atoms with van der Waals surface area (Å²) >= 11 is 1.55. The maximum Gasteiger partial charge on any atom is 0.326 e. The van der Waals surface area contributed by atoms with Crippen molar-refractivity contribution in [3.05, 3.63) is 82.8 Å². The minimum Gasteiger partial charge on any atom is -0.480 e. The number of aryl methyl sites for hydroxylation is 2. The molecule has 0 aliphatic heterocycles. The fourth-order valence-electron chi connectivity index (χ4n) is 4.36. The molecular formula is C31H39NO5S. The molecule has 0 aliphatic carbocycles. The number of hydrogen-bond acceptors (Lipinski definition) is 5. The Morgan fingerprint density at radius 3 is 2.50 bits per heavy atom. The molecule has 0 bridgehead atoms. The van der Waals surface area contributed by atoms with Gasteiger partial charge in [-0.1, -0.05) is 57.0 Å². The Morgan fingerprint density at radius 2 is 1.84 bits per heavy atom. The third kappa shape index (κ3) is 7.98. The highest BCUT2D eigenvalue weighted by Gasteiger charge is 2.23. The number of rotatable bonds is 15. The summed E-state index contributed by atoms with van der Waals surface area (Å²) < 4.78 is 12.4. The Morgan fingerprint density at radius 1 is 1.05 bits per heavy atom. The van der Waals surface area contributed by atoms with Gasteiger partial charge in [0.05, 0.1) is 6.61 Å². The van der Waals surface area contributed by atoms with E-state index in [0.717, 1.165) is 59.5 Å². The van der Waals surface area contributed by atoms with Crippen molar-refractivity contribution in [3.63, 3.8) is 0 Å². The number of unbranched alkanes of at least 4 members (excludes halogenated alkanes) is 1. The highest BCUT2D eigenvalue weighted by Crippen LogP contribution is 2.31. The Kier molecular flexibility index (Phi) is 11.5. The number of carboxylic acid groups (broad SMARTS) is 1. The van der Waals surface area contributed by atoms with Crippen molar-refractivity contribution in [3.8, 4) is 11.1 Å². The van der Waals surface area contributed by atoms with Crippen molar-refractivity contribution in [2.24, 2.45) is 0 Å². The van der Waals surface area contributed by atoms with Crippen molar-refractivity contribution in [1.29, 1.82) is 0 Å². The molecule has 0 saturated carbocycles. The normalized spacial score (nSPS) is 12.7. The highest BCUT2D eigenvalue weighted by atomic mass is 32.2. The molecule has 0 fully saturated rings. The number of furan rings is 1. The molecule has 2 aromatic carbocycles. The lowest BCUT2D eigenvalue weighted by Gasteiger charge is -2.19. The van der Waals surface area contributed by atoms with E-state index in [2.05, 4.69) is 19.2 Å². The van der Waals surface area contributed by atoms with Crippen LogP contribution in [0.1, 0.15) is 78.6 Å². The Labute approximate surface area is 230 Å². The topological polar surface area (TPSA) is 88.8 Å². The Bertz CT molecular complexity index is 1200. The van der Waals surface area contributed by atoms with E-state index in [1.807, 2.05) is 61.7 Å². The molecule has 6 nitrogen and oxygen atoms in total. The summed E-state index contributed by atoms with van der Waals surface area (Å²) in [6.07, 6.45) is 5.93. The predicted molar refractivity (Wildman–Crippen MR) is 154 cm³/mol. The molecule has 2 atom stereocenters. The quantitative estimate of drug-likeness (QED) is 0.213. The van der Waals surface area contributed by atoms with Crippen LogP contribution in [0.25, 0.3) is 11.1 Å². The molecule has 3 rings (SSSR count). The van der Waals surface area contributed by atoms with Crippen LogP contribution >= 0.6 is 11.8 Å². The van der Waals surface area contributed by atoms with E-state index in [-0.39, 0.29) is 6.10 Å². The molecule has 0 saturated heterocycles. The molecule has 0 spiro atoms. The van der Waals surface area contributed by atoms with Gasteiger partial charge in [-0.05, 0) is 78.3 Å². The molecule has 7 heteroatoms. The zero-order valence-electron chi connectivity index (χ0n) is 22.8. The van der Waals surface area contributed by atoms with Gasteiger partial charge in [0.1, 0.15) is 23.7 Å². The molecule has 0 radical (unpaired) electrons. The van der Waals surface area contributed by atoms with Crippen molar-refractivity contribution in [2.45, 2.75) is 71.6 Å². The number of carbonyl (C=O) groups excluding carboxylic acids is 1. The first-order valence-electron chi connectivity index (χ1n) is 13.3. The monoisotopic (exact) mass is 537 g/mol. The standard InChI is InChI=1S/C31H39NO5S/c1-5-7-12-28(29-16-14-23(6-2)37-29)36-20-22-13-15-25(26(19-22)24-11-9-8-10-21(24)3)30(33)32-27(31(34)35)17-18-38-4/h8-11,13-16,19,27-28H,5-7,12,17-18,20H2,1-4H3,(H,32,33)(H,34,35). The average molecular weight is 538 g/mol. The molecule has 1 amide bonds. The largest absolute Gasteiger partial charge is 0.480 e.